The van der Waals surface area contributed by atoms with E-state index in [1.54, 1.807) is 6.92 Å². The molecule has 0 radical (unpaired) electrons. The summed E-state index contributed by atoms with van der Waals surface area (Å²) >= 11 is 0. The summed E-state index contributed by atoms with van der Waals surface area (Å²) in [5, 5.41) is 0. The van der Waals surface area contributed by atoms with E-state index in [4.69, 9.17) is 0 Å². The number of alkyl halides is 11. The third kappa shape index (κ3) is 4.76. The van der Waals surface area contributed by atoms with E-state index in [2.05, 4.69) is 4.74 Å². The molecule has 0 aromatic heterocycles. The fraction of sp³-hybridized carbons (Fsp3) is 0.929. The first kappa shape index (κ1) is 25.7. The Kier molecular flexibility index (Phi) is 7.97. The third-order valence-electron chi connectivity index (χ3n) is 3.79. The highest BCUT2D eigenvalue weighted by atomic mass is 19.4. The molecule has 0 fully saturated rings. The monoisotopic (exact) mass is 426 g/mol. The number of esters is 1. The van der Waals surface area contributed by atoms with Crippen molar-refractivity contribution in [2.45, 2.75) is 69.4 Å². The van der Waals surface area contributed by atoms with Gasteiger partial charge in [-0.15, -0.1) is 0 Å². The molecule has 2 nitrogen and oxygen atoms in total. The van der Waals surface area contributed by atoms with E-state index in [0.29, 0.717) is 19.3 Å². The first-order valence-corrected chi connectivity index (χ1v) is 7.66. The second-order valence-electron chi connectivity index (χ2n) is 5.81. The van der Waals surface area contributed by atoms with Gasteiger partial charge in [-0.3, -0.25) is 0 Å². The molecule has 0 rings (SSSR count). The van der Waals surface area contributed by atoms with Gasteiger partial charge in [-0.05, 0) is 12.3 Å². The third-order valence-corrected chi connectivity index (χ3v) is 3.79. The largest absolute Gasteiger partial charge is 0.461 e. The molecule has 0 saturated heterocycles. The molecular weight excluding hydrogens is 409 g/mol. The second kappa shape index (κ2) is 8.38. The number of halogens is 11. The van der Waals surface area contributed by atoms with Gasteiger partial charge in [0.25, 0.3) is 0 Å². The van der Waals surface area contributed by atoms with Gasteiger partial charge in [-0.25, -0.2) is 4.79 Å². The van der Waals surface area contributed by atoms with Gasteiger partial charge < -0.3 is 4.74 Å². The number of rotatable bonds is 10. The lowest BCUT2D eigenvalue weighted by Crippen LogP contribution is -2.68. The van der Waals surface area contributed by atoms with Crippen molar-refractivity contribution < 1.29 is 57.8 Å². The van der Waals surface area contributed by atoms with Crippen LogP contribution >= 0.6 is 0 Å². The molecule has 27 heavy (non-hydrogen) atoms. The minimum Gasteiger partial charge on any atom is -0.461 e. The number of ether oxygens (including phenoxy) is 1. The van der Waals surface area contributed by atoms with Gasteiger partial charge in [0.05, 0.1) is 6.61 Å². The highest BCUT2D eigenvalue weighted by molar-refractivity contribution is 5.79. The summed E-state index contributed by atoms with van der Waals surface area (Å²) in [7, 11) is 0. The summed E-state index contributed by atoms with van der Waals surface area (Å²) in [6.07, 6.45) is -5.59. The van der Waals surface area contributed by atoms with Crippen LogP contribution in [0.1, 0.15) is 39.5 Å². The average molecular weight is 426 g/mol. The molecule has 0 aliphatic rings. The standard InChI is InChI=1S/C14H17F11O2/c1-3-5-6-8(4-2)7-27-9(26)10(15,16)11(17,18)12(19,20)13(21,22)14(23,24)25/h8H,3-7H2,1-2H3. The lowest BCUT2D eigenvalue weighted by atomic mass is 9.98. The summed E-state index contributed by atoms with van der Waals surface area (Å²) in [6, 6.07) is 0. The number of unbranched alkanes of at least 4 members (excludes halogenated alkanes) is 1. The zero-order valence-electron chi connectivity index (χ0n) is 14.1. The van der Waals surface area contributed by atoms with E-state index in [-0.39, 0.29) is 6.42 Å². The lowest BCUT2D eigenvalue weighted by molar-refractivity contribution is -0.418. The van der Waals surface area contributed by atoms with Crippen LogP contribution in [0.15, 0.2) is 0 Å². The van der Waals surface area contributed by atoms with E-state index in [1.165, 1.54) is 6.92 Å². The van der Waals surface area contributed by atoms with Crippen LogP contribution in [0.25, 0.3) is 0 Å². The zero-order chi connectivity index (χ0) is 21.9. The molecular formula is C14H17F11O2. The second-order valence-corrected chi connectivity index (χ2v) is 5.81. The Morgan fingerprint density at radius 1 is 0.815 bits per heavy atom. The highest BCUT2D eigenvalue weighted by Crippen LogP contribution is 2.57. The smallest absolute Gasteiger partial charge is 0.460 e. The van der Waals surface area contributed by atoms with Crippen LogP contribution in [0.3, 0.4) is 0 Å². The molecule has 0 spiro atoms. The fourth-order valence-electron chi connectivity index (χ4n) is 1.88. The Balaban J connectivity index is 5.55. The van der Waals surface area contributed by atoms with Gasteiger partial charge in [0, 0.05) is 0 Å². The molecule has 0 N–H and O–H groups in total. The van der Waals surface area contributed by atoms with Gasteiger partial charge in [-0.1, -0.05) is 33.1 Å². The first-order chi connectivity index (χ1) is 11.9. The first-order valence-electron chi connectivity index (χ1n) is 7.66. The van der Waals surface area contributed by atoms with E-state index < -0.39 is 48.4 Å². The summed E-state index contributed by atoms with van der Waals surface area (Å²) in [5.41, 5.74) is 0. The van der Waals surface area contributed by atoms with E-state index in [9.17, 15) is 53.1 Å². The number of carbonyl (C=O) groups excluding carboxylic acids is 1. The Labute approximate surface area is 147 Å². The summed E-state index contributed by atoms with van der Waals surface area (Å²) < 4.78 is 144. The van der Waals surface area contributed by atoms with Gasteiger partial charge >= 0.3 is 35.8 Å². The van der Waals surface area contributed by atoms with Gasteiger partial charge in [0.2, 0.25) is 0 Å². The van der Waals surface area contributed by atoms with Crippen molar-refractivity contribution in [2.24, 2.45) is 5.92 Å². The van der Waals surface area contributed by atoms with Gasteiger partial charge in [0.1, 0.15) is 0 Å². The molecule has 0 amide bonds. The van der Waals surface area contributed by atoms with Crippen molar-refractivity contribution in [1.29, 1.82) is 0 Å². The molecule has 13 heteroatoms. The van der Waals surface area contributed by atoms with Gasteiger partial charge in [0.15, 0.2) is 0 Å². The predicted molar refractivity (Wildman–Crippen MR) is 70.1 cm³/mol. The van der Waals surface area contributed by atoms with E-state index in [0.717, 1.165) is 0 Å². The molecule has 0 aliphatic carbocycles. The number of carbonyl (C=O) groups is 1. The number of hydrogen-bond donors (Lipinski definition) is 0. The molecule has 0 aromatic carbocycles. The van der Waals surface area contributed by atoms with Crippen molar-refractivity contribution in [1.82, 2.24) is 0 Å². The zero-order valence-corrected chi connectivity index (χ0v) is 14.1. The van der Waals surface area contributed by atoms with Crippen LogP contribution in [-0.4, -0.2) is 42.4 Å². The van der Waals surface area contributed by atoms with E-state index in [1.807, 2.05) is 0 Å². The van der Waals surface area contributed by atoms with E-state index >= 15 is 0 Å². The quantitative estimate of drug-likeness (QED) is 0.324. The molecule has 0 aromatic rings. The summed E-state index contributed by atoms with van der Waals surface area (Å²) in [6.45, 7) is 2.34. The molecule has 1 unspecified atom stereocenters. The molecule has 0 aliphatic heterocycles. The van der Waals surface area contributed by atoms with Crippen molar-refractivity contribution in [3.05, 3.63) is 0 Å². The average Bonchev–Trinajstić information content (AvgIpc) is 2.52. The summed E-state index contributed by atoms with van der Waals surface area (Å²) in [5.74, 6) is -33.1. The Morgan fingerprint density at radius 2 is 1.30 bits per heavy atom. The minimum absolute atomic E-state index is 0.220. The Hall–Kier alpha value is -1.30. The van der Waals surface area contributed by atoms with Crippen LogP contribution in [0.2, 0.25) is 0 Å². The molecule has 162 valence electrons. The predicted octanol–water partition coefficient (Wildman–Crippen LogP) is 5.85. The lowest BCUT2D eigenvalue weighted by Gasteiger charge is -2.36. The SMILES string of the molecule is CCCCC(CC)COC(=O)C(F)(F)C(F)(F)C(F)(F)C(F)(F)C(F)(F)F. The van der Waals surface area contributed by atoms with Crippen LogP contribution in [0.4, 0.5) is 48.3 Å². The topological polar surface area (TPSA) is 26.3 Å². The maximum absolute atomic E-state index is 13.4. The van der Waals surface area contributed by atoms with Gasteiger partial charge in [-0.2, -0.15) is 48.3 Å². The normalized spacial score (nSPS) is 15.6. The van der Waals surface area contributed by atoms with Crippen molar-refractivity contribution in [2.75, 3.05) is 6.61 Å². The van der Waals surface area contributed by atoms with Crippen molar-refractivity contribution >= 4 is 5.97 Å². The van der Waals surface area contributed by atoms with Crippen molar-refractivity contribution in [3.63, 3.8) is 0 Å². The molecule has 0 bridgehead atoms. The van der Waals surface area contributed by atoms with Crippen LogP contribution < -0.4 is 0 Å². The number of hydrogen-bond acceptors (Lipinski definition) is 2. The maximum Gasteiger partial charge on any atom is 0.460 e. The fourth-order valence-corrected chi connectivity index (χ4v) is 1.88. The van der Waals surface area contributed by atoms with Crippen molar-refractivity contribution in [3.8, 4) is 0 Å². The highest BCUT2D eigenvalue weighted by Gasteiger charge is 2.88. The maximum atomic E-state index is 13.4. The molecule has 0 saturated carbocycles. The van der Waals surface area contributed by atoms with Crippen LogP contribution in [-0.2, 0) is 9.53 Å². The Bertz CT molecular complexity index is 500. The van der Waals surface area contributed by atoms with Crippen LogP contribution in [0.5, 0.6) is 0 Å². The summed E-state index contributed by atoms with van der Waals surface area (Å²) in [4.78, 5) is 11.1. The van der Waals surface area contributed by atoms with Crippen LogP contribution in [0, 0.1) is 5.92 Å². The molecule has 1 atom stereocenters. The minimum atomic E-state index is -7.62. The molecule has 0 heterocycles. The Morgan fingerprint density at radius 3 is 1.67 bits per heavy atom.